The fraction of sp³-hybridized carbons (Fsp3) is 0.733. The Morgan fingerprint density at radius 2 is 2.33 bits per heavy atom. The number of rotatable bonds is 6. The van der Waals surface area contributed by atoms with Gasteiger partial charge in [0.1, 0.15) is 0 Å². The van der Waals surface area contributed by atoms with Crippen molar-refractivity contribution in [1.82, 2.24) is 10.2 Å². The van der Waals surface area contributed by atoms with Gasteiger partial charge >= 0.3 is 0 Å². The number of likely N-dealkylation sites (tertiary alicyclic amines) is 1. The van der Waals surface area contributed by atoms with Gasteiger partial charge < -0.3 is 10.2 Å². The summed E-state index contributed by atoms with van der Waals surface area (Å²) in [4.78, 5) is 4.08. The highest BCUT2D eigenvalue weighted by atomic mass is 32.1. The van der Waals surface area contributed by atoms with Crippen LogP contribution in [0.4, 0.5) is 0 Å². The van der Waals surface area contributed by atoms with Gasteiger partial charge in [0.2, 0.25) is 0 Å². The predicted octanol–water partition coefficient (Wildman–Crippen LogP) is 3.52. The lowest BCUT2D eigenvalue weighted by Crippen LogP contribution is -2.31. The normalized spacial score (nSPS) is 22.8. The van der Waals surface area contributed by atoms with Crippen molar-refractivity contribution in [2.45, 2.75) is 45.7 Å². The topological polar surface area (TPSA) is 15.3 Å². The molecule has 1 fully saturated rings. The van der Waals surface area contributed by atoms with Gasteiger partial charge in [-0.1, -0.05) is 13.0 Å². The fourth-order valence-corrected chi connectivity index (χ4v) is 3.63. The maximum absolute atomic E-state index is 3.76. The van der Waals surface area contributed by atoms with E-state index in [0.717, 1.165) is 5.92 Å². The Morgan fingerprint density at radius 3 is 2.89 bits per heavy atom. The molecule has 1 N–H and O–H groups in total. The van der Waals surface area contributed by atoms with Crippen molar-refractivity contribution in [3.05, 3.63) is 22.4 Å². The largest absolute Gasteiger partial charge is 0.309 e. The molecule has 0 saturated carbocycles. The Balaban J connectivity index is 1.78. The Labute approximate surface area is 115 Å². The Morgan fingerprint density at radius 1 is 1.50 bits per heavy atom. The van der Waals surface area contributed by atoms with Gasteiger partial charge in [0, 0.05) is 23.5 Å². The minimum absolute atomic E-state index is 0.554. The van der Waals surface area contributed by atoms with Gasteiger partial charge in [0.25, 0.3) is 0 Å². The molecule has 102 valence electrons. The molecule has 2 atom stereocenters. The predicted molar refractivity (Wildman–Crippen MR) is 80.2 cm³/mol. The lowest BCUT2D eigenvalue weighted by atomic mass is 10.1. The molecule has 2 unspecified atom stereocenters. The average molecular weight is 266 g/mol. The molecule has 1 aromatic heterocycles. The van der Waals surface area contributed by atoms with E-state index in [-0.39, 0.29) is 0 Å². The first-order chi connectivity index (χ1) is 8.70. The minimum atomic E-state index is 0.554. The van der Waals surface area contributed by atoms with E-state index in [9.17, 15) is 0 Å². The minimum Gasteiger partial charge on any atom is -0.309 e. The highest BCUT2D eigenvalue weighted by molar-refractivity contribution is 7.10. The van der Waals surface area contributed by atoms with Crippen LogP contribution in [0.1, 0.15) is 44.5 Å². The van der Waals surface area contributed by atoms with Crippen LogP contribution in [-0.2, 0) is 0 Å². The zero-order valence-corrected chi connectivity index (χ0v) is 12.7. The standard InChI is InChI=1S/C15H26N2S/c1-4-14(15-6-5-9-18-15)16-10-13-7-8-17(11-13)12(2)3/h5-6,9,12-14,16H,4,7-8,10-11H2,1-3H3. The van der Waals surface area contributed by atoms with E-state index in [1.54, 1.807) is 0 Å². The van der Waals surface area contributed by atoms with Gasteiger partial charge in [0.05, 0.1) is 0 Å². The number of hydrogen-bond donors (Lipinski definition) is 1. The molecule has 0 amide bonds. The summed E-state index contributed by atoms with van der Waals surface area (Å²) in [5, 5.41) is 5.93. The van der Waals surface area contributed by atoms with Crippen LogP contribution >= 0.6 is 11.3 Å². The monoisotopic (exact) mass is 266 g/mol. The second kappa shape index (κ2) is 6.69. The zero-order chi connectivity index (χ0) is 13.0. The number of hydrogen-bond acceptors (Lipinski definition) is 3. The molecule has 1 aliphatic rings. The summed E-state index contributed by atoms with van der Waals surface area (Å²) < 4.78 is 0. The first-order valence-corrected chi connectivity index (χ1v) is 8.09. The van der Waals surface area contributed by atoms with E-state index in [2.05, 4.69) is 48.5 Å². The van der Waals surface area contributed by atoms with E-state index in [1.807, 2.05) is 11.3 Å². The Bertz CT molecular complexity index is 334. The van der Waals surface area contributed by atoms with E-state index >= 15 is 0 Å². The van der Waals surface area contributed by atoms with Crippen LogP contribution in [0.2, 0.25) is 0 Å². The van der Waals surface area contributed by atoms with Crippen molar-refractivity contribution < 1.29 is 0 Å². The molecule has 0 spiro atoms. The summed E-state index contributed by atoms with van der Waals surface area (Å²) in [7, 11) is 0. The van der Waals surface area contributed by atoms with Crippen molar-refractivity contribution >= 4 is 11.3 Å². The third kappa shape index (κ3) is 3.56. The van der Waals surface area contributed by atoms with E-state index in [4.69, 9.17) is 0 Å². The van der Waals surface area contributed by atoms with E-state index in [0.29, 0.717) is 12.1 Å². The Hall–Kier alpha value is -0.380. The SMILES string of the molecule is CCC(NCC1CCN(C(C)C)C1)c1cccs1. The summed E-state index contributed by atoms with van der Waals surface area (Å²) in [6, 6.07) is 5.66. The van der Waals surface area contributed by atoms with Crippen LogP contribution in [0, 0.1) is 5.92 Å². The molecule has 0 aliphatic carbocycles. The van der Waals surface area contributed by atoms with Crippen molar-refractivity contribution in [2.24, 2.45) is 5.92 Å². The van der Waals surface area contributed by atoms with Crippen LogP contribution in [0.3, 0.4) is 0 Å². The van der Waals surface area contributed by atoms with Gasteiger partial charge in [-0.3, -0.25) is 0 Å². The van der Waals surface area contributed by atoms with E-state index < -0.39 is 0 Å². The molecule has 3 heteroatoms. The van der Waals surface area contributed by atoms with Crippen LogP contribution in [0.5, 0.6) is 0 Å². The van der Waals surface area contributed by atoms with Crippen molar-refractivity contribution in [3.8, 4) is 0 Å². The first kappa shape index (κ1) is 14.0. The third-order valence-electron chi connectivity index (χ3n) is 4.00. The van der Waals surface area contributed by atoms with Crippen molar-refractivity contribution in [2.75, 3.05) is 19.6 Å². The van der Waals surface area contributed by atoms with Gasteiger partial charge in [-0.25, -0.2) is 0 Å². The molecule has 18 heavy (non-hydrogen) atoms. The maximum Gasteiger partial charge on any atom is 0.0412 e. The van der Waals surface area contributed by atoms with Crippen molar-refractivity contribution in [1.29, 1.82) is 0 Å². The molecule has 2 nitrogen and oxygen atoms in total. The molecular weight excluding hydrogens is 240 g/mol. The molecule has 2 heterocycles. The van der Waals surface area contributed by atoms with Crippen LogP contribution in [0.25, 0.3) is 0 Å². The summed E-state index contributed by atoms with van der Waals surface area (Å²) in [6.45, 7) is 10.6. The molecule has 1 aromatic rings. The molecule has 1 aliphatic heterocycles. The quantitative estimate of drug-likeness (QED) is 0.847. The second-order valence-corrected chi connectivity index (χ2v) is 6.61. The molecule has 0 radical (unpaired) electrons. The highest BCUT2D eigenvalue weighted by Crippen LogP contribution is 2.23. The first-order valence-electron chi connectivity index (χ1n) is 7.21. The Kier molecular flexibility index (Phi) is 5.22. The van der Waals surface area contributed by atoms with Gasteiger partial charge in [-0.2, -0.15) is 0 Å². The third-order valence-corrected chi connectivity index (χ3v) is 4.98. The number of thiophene rings is 1. The number of nitrogens with zero attached hydrogens (tertiary/aromatic N) is 1. The smallest absolute Gasteiger partial charge is 0.0412 e. The van der Waals surface area contributed by atoms with Crippen LogP contribution < -0.4 is 5.32 Å². The second-order valence-electron chi connectivity index (χ2n) is 5.63. The van der Waals surface area contributed by atoms with Gasteiger partial charge in [-0.05, 0) is 57.1 Å². The van der Waals surface area contributed by atoms with Gasteiger partial charge in [0.15, 0.2) is 0 Å². The summed E-state index contributed by atoms with van der Waals surface area (Å²) in [5.74, 6) is 0.835. The molecule has 1 saturated heterocycles. The number of nitrogens with one attached hydrogen (secondary N) is 1. The fourth-order valence-electron chi connectivity index (χ4n) is 2.74. The zero-order valence-electron chi connectivity index (χ0n) is 11.9. The van der Waals surface area contributed by atoms with E-state index in [1.165, 1.54) is 37.4 Å². The molecular formula is C15H26N2S. The lowest BCUT2D eigenvalue weighted by molar-refractivity contribution is 0.262. The lowest BCUT2D eigenvalue weighted by Gasteiger charge is -2.21. The highest BCUT2D eigenvalue weighted by Gasteiger charge is 2.24. The summed E-state index contributed by atoms with van der Waals surface area (Å²) >= 11 is 1.87. The molecule has 0 aromatic carbocycles. The molecule has 0 bridgehead atoms. The molecule has 2 rings (SSSR count). The van der Waals surface area contributed by atoms with Crippen LogP contribution in [-0.4, -0.2) is 30.6 Å². The average Bonchev–Trinajstić information content (AvgIpc) is 3.00. The summed E-state index contributed by atoms with van der Waals surface area (Å²) in [5.41, 5.74) is 0. The summed E-state index contributed by atoms with van der Waals surface area (Å²) in [6.07, 6.45) is 2.53. The van der Waals surface area contributed by atoms with Crippen LogP contribution in [0.15, 0.2) is 17.5 Å². The van der Waals surface area contributed by atoms with Gasteiger partial charge in [-0.15, -0.1) is 11.3 Å². The maximum atomic E-state index is 3.76. The van der Waals surface area contributed by atoms with Crippen molar-refractivity contribution in [3.63, 3.8) is 0 Å².